The maximum absolute atomic E-state index is 13.2. The highest BCUT2D eigenvalue weighted by Gasteiger charge is 2.33. The van der Waals surface area contributed by atoms with E-state index in [1.165, 1.54) is 0 Å². The summed E-state index contributed by atoms with van der Waals surface area (Å²) < 4.78 is 5.27. The highest BCUT2D eigenvalue weighted by atomic mass is 16.5. The van der Waals surface area contributed by atoms with Crippen LogP contribution in [0.5, 0.6) is 0 Å². The summed E-state index contributed by atoms with van der Waals surface area (Å²) in [6, 6.07) is 7.12. The maximum Gasteiger partial charge on any atom is 0.408 e. The number of carbonyl (C=O) groups excluding carboxylic acids is 3. The first kappa shape index (κ1) is 29.6. The molecule has 0 aromatic heterocycles. The van der Waals surface area contributed by atoms with Crippen LogP contribution < -0.4 is 16.0 Å². The molecule has 9 nitrogen and oxygen atoms in total. The zero-order valence-corrected chi connectivity index (χ0v) is 21.7. The van der Waals surface area contributed by atoms with Crippen molar-refractivity contribution in [2.45, 2.75) is 109 Å². The fourth-order valence-corrected chi connectivity index (χ4v) is 4.36. The number of rotatable bonds is 13. The summed E-state index contributed by atoms with van der Waals surface area (Å²) in [5.74, 6) is -0.991. The van der Waals surface area contributed by atoms with E-state index in [1.54, 1.807) is 0 Å². The third-order valence-corrected chi connectivity index (χ3v) is 6.43. The predicted molar refractivity (Wildman–Crippen MR) is 137 cm³/mol. The van der Waals surface area contributed by atoms with Gasteiger partial charge in [-0.25, -0.2) is 4.79 Å². The molecular formula is C27H43N3O6. The highest BCUT2D eigenvalue weighted by molar-refractivity contribution is 5.87. The summed E-state index contributed by atoms with van der Waals surface area (Å²) in [7, 11) is 0. The van der Waals surface area contributed by atoms with Crippen LogP contribution in [0.1, 0.15) is 77.7 Å². The van der Waals surface area contributed by atoms with Crippen LogP contribution in [0.2, 0.25) is 0 Å². The van der Waals surface area contributed by atoms with Gasteiger partial charge in [0, 0.05) is 0 Å². The van der Waals surface area contributed by atoms with Crippen molar-refractivity contribution in [2.75, 3.05) is 0 Å². The van der Waals surface area contributed by atoms with Crippen LogP contribution in [0.25, 0.3) is 0 Å². The van der Waals surface area contributed by atoms with Crippen LogP contribution in [0.3, 0.4) is 0 Å². The number of nitrogens with one attached hydrogen (secondary N) is 3. The number of unbranched alkanes of at least 4 members (excludes halogenated alkanes) is 1. The van der Waals surface area contributed by atoms with Gasteiger partial charge in [-0.1, -0.05) is 76.8 Å². The zero-order chi connectivity index (χ0) is 26.5. The molecule has 5 atom stereocenters. The Labute approximate surface area is 214 Å². The topological polar surface area (TPSA) is 137 Å². The fraction of sp³-hybridized carbons (Fsp3) is 0.667. The van der Waals surface area contributed by atoms with Gasteiger partial charge in [0.05, 0.1) is 18.2 Å². The van der Waals surface area contributed by atoms with E-state index in [2.05, 4.69) is 16.0 Å². The molecule has 0 heterocycles. The van der Waals surface area contributed by atoms with E-state index in [0.29, 0.717) is 32.1 Å². The van der Waals surface area contributed by atoms with E-state index in [0.717, 1.165) is 24.8 Å². The Kier molecular flexibility index (Phi) is 12.7. The number of benzene rings is 1. The van der Waals surface area contributed by atoms with Crippen molar-refractivity contribution in [3.05, 3.63) is 35.9 Å². The standard InChI is InChI=1S/C27H43N3O6/c1-4-5-13-21(24(32)26(34)28-20-14-9-10-15-23(20)31)29-25(33)22(16-18(2)3)30-27(35)36-17-19-11-7-6-8-12-19/h6-8,11-12,18,20-24,31-32H,4-5,9-10,13-17H2,1-3H3,(H,28,34)(H,29,33)(H,30,35)/t20-,21-,22?,23-,24-/m0/s1. The largest absolute Gasteiger partial charge is 0.445 e. The second-order valence-electron chi connectivity index (χ2n) is 10.1. The van der Waals surface area contributed by atoms with Crippen LogP contribution in [0, 0.1) is 5.92 Å². The lowest BCUT2D eigenvalue weighted by molar-refractivity contribution is -0.134. The number of hydrogen-bond donors (Lipinski definition) is 5. The molecule has 1 unspecified atom stereocenters. The highest BCUT2D eigenvalue weighted by Crippen LogP contribution is 2.19. The van der Waals surface area contributed by atoms with Crippen LogP contribution in [0.4, 0.5) is 4.79 Å². The van der Waals surface area contributed by atoms with Crippen molar-refractivity contribution < 1.29 is 29.3 Å². The molecule has 9 heteroatoms. The molecule has 1 saturated carbocycles. The second kappa shape index (κ2) is 15.5. The Hall–Kier alpha value is -2.65. The van der Waals surface area contributed by atoms with E-state index >= 15 is 0 Å². The summed E-state index contributed by atoms with van der Waals surface area (Å²) in [6.45, 7) is 5.93. The van der Waals surface area contributed by atoms with E-state index < -0.39 is 48.2 Å². The Balaban J connectivity index is 2.01. The van der Waals surface area contributed by atoms with Crippen molar-refractivity contribution in [2.24, 2.45) is 5.92 Å². The Bertz CT molecular complexity index is 819. The van der Waals surface area contributed by atoms with Crippen LogP contribution in [0.15, 0.2) is 30.3 Å². The molecule has 1 fully saturated rings. The van der Waals surface area contributed by atoms with Crippen molar-refractivity contribution in [1.82, 2.24) is 16.0 Å². The van der Waals surface area contributed by atoms with E-state index in [-0.39, 0.29) is 12.5 Å². The van der Waals surface area contributed by atoms with Crippen LogP contribution in [-0.4, -0.2) is 58.5 Å². The molecule has 2 rings (SSSR count). The number of ether oxygens (including phenoxy) is 1. The first-order chi connectivity index (χ1) is 17.2. The number of aliphatic hydroxyl groups excluding tert-OH is 2. The van der Waals surface area contributed by atoms with Gasteiger partial charge in [0.2, 0.25) is 5.91 Å². The predicted octanol–water partition coefficient (Wildman–Crippen LogP) is 2.78. The van der Waals surface area contributed by atoms with Crippen molar-refractivity contribution in [3.63, 3.8) is 0 Å². The number of hydrogen-bond acceptors (Lipinski definition) is 6. The molecule has 1 aromatic rings. The van der Waals surface area contributed by atoms with Crippen molar-refractivity contribution >= 4 is 17.9 Å². The monoisotopic (exact) mass is 505 g/mol. The molecule has 3 amide bonds. The molecule has 0 spiro atoms. The third-order valence-electron chi connectivity index (χ3n) is 6.43. The van der Waals surface area contributed by atoms with Gasteiger partial charge in [0.25, 0.3) is 5.91 Å². The Morgan fingerprint density at radius 2 is 1.75 bits per heavy atom. The van der Waals surface area contributed by atoms with Gasteiger partial charge in [-0.15, -0.1) is 0 Å². The lowest BCUT2D eigenvalue weighted by atomic mass is 9.92. The number of amides is 3. The van der Waals surface area contributed by atoms with Crippen LogP contribution in [-0.2, 0) is 20.9 Å². The molecule has 1 aliphatic rings. The molecule has 0 radical (unpaired) electrons. The van der Waals surface area contributed by atoms with Gasteiger partial charge < -0.3 is 30.9 Å². The molecule has 36 heavy (non-hydrogen) atoms. The maximum atomic E-state index is 13.2. The molecule has 0 bridgehead atoms. The van der Waals surface area contributed by atoms with E-state index in [4.69, 9.17) is 4.74 Å². The van der Waals surface area contributed by atoms with E-state index in [9.17, 15) is 24.6 Å². The second-order valence-corrected chi connectivity index (χ2v) is 10.1. The minimum absolute atomic E-state index is 0.0771. The van der Waals surface area contributed by atoms with Crippen LogP contribution >= 0.6 is 0 Å². The molecule has 5 N–H and O–H groups in total. The van der Waals surface area contributed by atoms with Crippen molar-refractivity contribution in [3.8, 4) is 0 Å². The molecule has 1 aliphatic carbocycles. The summed E-state index contributed by atoms with van der Waals surface area (Å²) in [5, 5.41) is 29.1. The zero-order valence-electron chi connectivity index (χ0n) is 21.7. The average Bonchev–Trinajstić information content (AvgIpc) is 2.86. The Morgan fingerprint density at radius 1 is 1.06 bits per heavy atom. The van der Waals surface area contributed by atoms with Gasteiger partial charge >= 0.3 is 6.09 Å². The van der Waals surface area contributed by atoms with Gasteiger partial charge in [0.15, 0.2) is 6.10 Å². The lowest BCUT2D eigenvalue weighted by Crippen LogP contribution is -2.57. The molecule has 0 saturated heterocycles. The molecular weight excluding hydrogens is 462 g/mol. The third kappa shape index (κ3) is 10.1. The molecule has 0 aliphatic heterocycles. The molecule has 202 valence electrons. The normalized spacial score (nSPS) is 20.2. The minimum atomic E-state index is -1.47. The smallest absolute Gasteiger partial charge is 0.408 e. The van der Waals surface area contributed by atoms with E-state index in [1.807, 2.05) is 51.1 Å². The SMILES string of the molecule is CCCC[C@H](NC(=O)C(CC(C)C)NC(=O)OCc1ccccc1)[C@H](O)C(=O)N[C@H]1CCCC[C@@H]1O. The van der Waals surface area contributed by atoms with Gasteiger partial charge in [-0.05, 0) is 37.2 Å². The Morgan fingerprint density at radius 3 is 2.39 bits per heavy atom. The van der Waals surface area contributed by atoms with Gasteiger partial charge in [-0.3, -0.25) is 9.59 Å². The summed E-state index contributed by atoms with van der Waals surface area (Å²) in [5.41, 5.74) is 0.828. The lowest BCUT2D eigenvalue weighted by Gasteiger charge is -2.31. The minimum Gasteiger partial charge on any atom is -0.445 e. The molecule has 1 aromatic carbocycles. The first-order valence-corrected chi connectivity index (χ1v) is 13.1. The van der Waals surface area contributed by atoms with Gasteiger partial charge in [-0.2, -0.15) is 0 Å². The summed E-state index contributed by atoms with van der Waals surface area (Å²) >= 11 is 0. The number of alkyl carbamates (subject to hydrolysis) is 1. The van der Waals surface area contributed by atoms with Crippen molar-refractivity contribution in [1.29, 1.82) is 0 Å². The number of aliphatic hydroxyl groups is 2. The first-order valence-electron chi connectivity index (χ1n) is 13.1. The number of carbonyl (C=O) groups is 3. The summed E-state index contributed by atoms with van der Waals surface area (Å²) in [4.78, 5) is 38.4. The summed E-state index contributed by atoms with van der Waals surface area (Å²) in [6.07, 6.45) is 2.52. The van der Waals surface area contributed by atoms with Gasteiger partial charge in [0.1, 0.15) is 12.6 Å². The fourth-order valence-electron chi connectivity index (χ4n) is 4.36. The quantitative estimate of drug-likeness (QED) is 0.280. The average molecular weight is 506 g/mol.